The van der Waals surface area contributed by atoms with Crippen molar-refractivity contribution in [2.24, 2.45) is 5.73 Å². The van der Waals surface area contributed by atoms with Crippen molar-refractivity contribution in [3.8, 4) is 5.75 Å². The largest absolute Gasteiger partial charge is 0.491 e. The minimum absolute atomic E-state index is 0.212. The summed E-state index contributed by atoms with van der Waals surface area (Å²) in [6.07, 6.45) is 1.19. The van der Waals surface area contributed by atoms with E-state index >= 15 is 0 Å². The molecule has 0 aromatic heterocycles. The molecule has 0 saturated carbocycles. The topological polar surface area (TPSA) is 47.3 Å². The van der Waals surface area contributed by atoms with Crippen molar-refractivity contribution in [2.45, 2.75) is 26.4 Å². The summed E-state index contributed by atoms with van der Waals surface area (Å²) < 4.78 is 5.60. The number of nitrogens with one attached hydrogen (secondary N) is 1. The molecule has 0 unspecified atom stereocenters. The standard InChI is InChI=1S/C12H20N2O/c1-10(2)15-12-6-3-5-11(9-12)14-8-4-7-13/h3,5-6,9-10,14H,4,7-8,13H2,1-2H3. The van der Waals surface area contributed by atoms with Gasteiger partial charge in [0.1, 0.15) is 5.75 Å². The van der Waals surface area contributed by atoms with Gasteiger partial charge in [-0.25, -0.2) is 0 Å². The summed E-state index contributed by atoms with van der Waals surface area (Å²) in [6, 6.07) is 8.00. The molecule has 1 aromatic carbocycles. The van der Waals surface area contributed by atoms with E-state index in [1.807, 2.05) is 38.1 Å². The number of rotatable bonds is 6. The Balaban J connectivity index is 2.50. The molecule has 15 heavy (non-hydrogen) atoms. The van der Waals surface area contributed by atoms with Gasteiger partial charge in [0.2, 0.25) is 0 Å². The Morgan fingerprint density at radius 2 is 2.20 bits per heavy atom. The quantitative estimate of drug-likeness (QED) is 0.705. The first-order chi connectivity index (χ1) is 7.22. The molecule has 3 N–H and O–H groups in total. The lowest BCUT2D eigenvalue weighted by Crippen LogP contribution is -2.09. The average Bonchev–Trinajstić information content (AvgIpc) is 2.18. The summed E-state index contributed by atoms with van der Waals surface area (Å²) in [5, 5.41) is 3.30. The molecule has 0 aliphatic carbocycles. The zero-order valence-corrected chi connectivity index (χ0v) is 9.49. The fraction of sp³-hybridized carbons (Fsp3) is 0.500. The molecule has 0 aliphatic rings. The van der Waals surface area contributed by atoms with Crippen molar-refractivity contribution >= 4 is 5.69 Å². The molecule has 0 bridgehead atoms. The molecule has 1 aromatic rings. The number of hydrogen-bond acceptors (Lipinski definition) is 3. The summed E-state index contributed by atoms with van der Waals surface area (Å²) in [5.74, 6) is 0.905. The molecule has 0 spiro atoms. The van der Waals surface area contributed by atoms with Crippen molar-refractivity contribution in [1.82, 2.24) is 0 Å². The minimum Gasteiger partial charge on any atom is -0.491 e. The molecule has 84 valence electrons. The molecule has 0 fully saturated rings. The van der Waals surface area contributed by atoms with Gasteiger partial charge >= 0.3 is 0 Å². The van der Waals surface area contributed by atoms with Crippen molar-refractivity contribution in [3.63, 3.8) is 0 Å². The van der Waals surface area contributed by atoms with Crippen LogP contribution in [0.2, 0.25) is 0 Å². The predicted octanol–water partition coefficient (Wildman–Crippen LogP) is 2.23. The van der Waals surface area contributed by atoms with E-state index in [0.29, 0.717) is 0 Å². The molecule has 1 rings (SSSR count). The van der Waals surface area contributed by atoms with Crippen LogP contribution in [-0.2, 0) is 0 Å². The highest BCUT2D eigenvalue weighted by molar-refractivity contribution is 5.48. The van der Waals surface area contributed by atoms with Gasteiger partial charge in [0.05, 0.1) is 6.10 Å². The van der Waals surface area contributed by atoms with Gasteiger partial charge in [-0.05, 0) is 38.9 Å². The van der Waals surface area contributed by atoms with E-state index in [2.05, 4.69) is 5.32 Å². The van der Waals surface area contributed by atoms with Gasteiger partial charge in [-0.15, -0.1) is 0 Å². The van der Waals surface area contributed by atoms with Gasteiger partial charge < -0.3 is 15.8 Å². The number of nitrogens with two attached hydrogens (primary N) is 1. The van der Waals surface area contributed by atoms with E-state index in [1.54, 1.807) is 0 Å². The zero-order chi connectivity index (χ0) is 11.1. The molecule has 3 heteroatoms. The van der Waals surface area contributed by atoms with Gasteiger partial charge in [-0.3, -0.25) is 0 Å². The van der Waals surface area contributed by atoms with E-state index < -0.39 is 0 Å². The van der Waals surface area contributed by atoms with Crippen molar-refractivity contribution in [3.05, 3.63) is 24.3 Å². The molecule has 0 heterocycles. The van der Waals surface area contributed by atoms with Crippen molar-refractivity contribution in [1.29, 1.82) is 0 Å². The van der Waals surface area contributed by atoms with Gasteiger partial charge in [0, 0.05) is 18.3 Å². The maximum absolute atomic E-state index is 5.60. The summed E-state index contributed by atoms with van der Waals surface area (Å²) in [7, 11) is 0. The van der Waals surface area contributed by atoms with Crippen LogP contribution in [0.4, 0.5) is 5.69 Å². The second-order valence-electron chi connectivity index (χ2n) is 3.76. The Morgan fingerprint density at radius 3 is 2.87 bits per heavy atom. The molecule has 0 aliphatic heterocycles. The third-order valence-corrected chi connectivity index (χ3v) is 1.92. The summed E-state index contributed by atoms with van der Waals surface area (Å²) in [6.45, 7) is 5.67. The lowest BCUT2D eigenvalue weighted by atomic mass is 10.3. The van der Waals surface area contributed by atoms with E-state index in [1.165, 1.54) is 0 Å². The SMILES string of the molecule is CC(C)Oc1cccc(NCCCN)c1. The molecule has 0 amide bonds. The highest BCUT2D eigenvalue weighted by Crippen LogP contribution is 2.18. The number of anilines is 1. The predicted molar refractivity (Wildman–Crippen MR) is 64.4 cm³/mol. The number of benzene rings is 1. The van der Waals surface area contributed by atoms with E-state index in [9.17, 15) is 0 Å². The average molecular weight is 208 g/mol. The van der Waals surface area contributed by atoms with Gasteiger partial charge in [0.15, 0.2) is 0 Å². The molecule has 0 atom stereocenters. The van der Waals surface area contributed by atoms with Gasteiger partial charge in [0.25, 0.3) is 0 Å². The summed E-state index contributed by atoms with van der Waals surface area (Å²) in [4.78, 5) is 0. The fourth-order valence-electron chi connectivity index (χ4n) is 1.29. The van der Waals surface area contributed by atoms with Crippen LogP contribution in [0.15, 0.2) is 24.3 Å². The first-order valence-corrected chi connectivity index (χ1v) is 5.43. The highest BCUT2D eigenvalue weighted by atomic mass is 16.5. The fourth-order valence-corrected chi connectivity index (χ4v) is 1.29. The third-order valence-electron chi connectivity index (χ3n) is 1.92. The Morgan fingerprint density at radius 1 is 1.40 bits per heavy atom. The van der Waals surface area contributed by atoms with Crippen LogP contribution in [0.1, 0.15) is 20.3 Å². The van der Waals surface area contributed by atoms with E-state index in [4.69, 9.17) is 10.5 Å². The molecular formula is C12H20N2O. The second kappa shape index (κ2) is 6.30. The number of ether oxygens (including phenoxy) is 1. The van der Waals surface area contributed by atoms with Crippen LogP contribution >= 0.6 is 0 Å². The normalized spacial score (nSPS) is 10.4. The number of hydrogen-bond donors (Lipinski definition) is 2. The van der Waals surface area contributed by atoms with Crippen LogP contribution in [-0.4, -0.2) is 19.2 Å². The Hall–Kier alpha value is -1.22. The second-order valence-corrected chi connectivity index (χ2v) is 3.76. The van der Waals surface area contributed by atoms with E-state index in [-0.39, 0.29) is 6.10 Å². The maximum Gasteiger partial charge on any atom is 0.121 e. The highest BCUT2D eigenvalue weighted by Gasteiger charge is 1.98. The molecule has 0 saturated heterocycles. The van der Waals surface area contributed by atoms with Crippen LogP contribution in [0.5, 0.6) is 5.75 Å². The minimum atomic E-state index is 0.212. The Kier molecular flexibility index (Phi) is 4.98. The van der Waals surface area contributed by atoms with Gasteiger partial charge in [-0.1, -0.05) is 6.07 Å². The molecule has 3 nitrogen and oxygen atoms in total. The lowest BCUT2D eigenvalue weighted by Gasteiger charge is -2.11. The molecular weight excluding hydrogens is 188 g/mol. The van der Waals surface area contributed by atoms with Gasteiger partial charge in [-0.2, -0.15) is 0 Å². The molecule has 0 radical (unpaired) electrons. The van der Waals surface area contributed by atoms with E-state index in [0.717, 1.165) is 30.9 Å². The first-order valence-electron chi connectivity index (χ1n) is 5.43. The monoisotopic (exact) mass is 208 g/mol. The van der Waals surface area contributed by atoms with Crippen molar-refractivity contribution < 1.29 is 4.74 Å². The van der Waals surface area contributed by atoms with Crippen LogP contribution in [0.3, 0.4) is 0 Å². The Labute approximate surface area is 91.6 Å². The smallest absolute Gasteiger partial charge is 0.121 e. The first kappa shape index (κ1) is 11.9. The maximum atomic E-state index is 5.60. The summed E-state index contributed by atoms with van der Waals surface area (Å²) >= 11 is 0. The zero-order valence-electron chi connectivity index (χ0n) is 9.49. The third kappa shape index (κ3) is 4.70. The lowest BCUT2D eigenvalue weighted by molar-refractivity contribution is 0.242. The van der Waals surface area contributed by atoms with Crippen molar-refractivity contribution in [2.75, 3.05) is 18.4 Å². The van der Waals surface area contributed by atoms with Crippen LogP contribution in [0.25, 0.3) is 0 Å². The summed E-state index contributed by atoms with van der Waals surface area (Å²) in [5.41, 5.74) is 6.51. The Bertz CT molecular complexity index is 287. The van der Waals surface area contributed by atoms with Crippen LogP contribution in [0, 0.1) is 0 Å². The van der Waals surface area contributed by atoms with Crippen LogP contribution < -0.4 is 15.8 Å².